The van der Waals surface area contributed by atoms with Gasteiger partial charge >= 0.3 is 11.9 Å². The molecule has 0 radical (unpaired) electrons. The average molecular weight is 670 g/mol. The van der Waals surface area contributed by atoms with Crippen LogP contribution in [-0.2, 0) is 20.9 Å². The molecule has 1 saturated heterocycles. The maximum Gasteiger partial charge on any atom is 0.344 e. The van der Waals surface area contributed by atoms with Crippen LogP contribution in [0.5, 0.6) is 17.2 Å². The molecule has 10 nitrogen and oxygen atoms in total. The normalized spacial score (nSPS) is 14.7. The quantitative estimate of drug-likeness (QED) is 0.175. The summed E-state index contributed by atoms with van der Waals surface area (Å²) < 4.78 is 22.2. The molecule has 1 amide bonds. The molecule has 0 aromatic heterocycles. The van der Waals surface area contributed by atoms with Gasteiger partial charge in [-0.2, -0.15) is 0 Å². The summed E-state index contributed by atoms with van der Waals surface area (Å²) in [4.78, 5) is 43.5. The van der Waals surface area contributed by atoms with E-state index in [4.69, 9.17) is 23.9 Å². The molecule has 1 aliphatic rings. The number of nitrogens with zero attached hydrogens (tertiary/aromatic N) is 2. The molecule has 224 valence electrons. The van der Waals surface area contributed by atoms with E-state index in [1.807, 2.05) is 6.92 Å². The van der Waals surface area contributed by atoms with Crippen molar-refractivity contribution in [1.82, 2.24) is 4.90 Å². The van der Waals surface area contributed by atoms with E-state index in [1.54, 1.807) is 73.5 Å². The van der Waals surface area contributed by atoms with Crippen molar-refractivity contribution in [3.05, 3.63) is 86.7 Å². The molecule has 12 heteroatoms. The Bertz CT molecular complexity index is 1560. The number of carboxylic acids is 1. The molecule has 0 aliphatic carbocycles. The Labute approximate surface area is 261 Å². The minimum atomic E-state index is -1.03. The maximum atomic E-state index is 13.7. The van der Waals surface area contributed by atoms with Crippen molar-refractivity contribution in [2.75, 3.05) is 26.9 Å². The summed E-state index contributed by atoms with van der Waals surface area (Å²) in [5.41, 5.74) is 2.18. The van der Waals surface area contributed by atoms with Crippen LogP contribution in [0.3, 0.4) is 0 Å². The van der Waals surface area contributed by atoms with Crippen molar-refractivity contribution >= 4 is 62.5 Å². The molecule has 43 heavy (non-hydrogen) atoms. The molecule has 0 spiro atoms. The molecular formula is C31H29BrN2O8S. The summed E-state index contributed by atoms with van der Waals surface area (Å²) in [6, 6.07) is 16.9. The summed E-state index contributed by atoms with van der Waals surface area (Å²) in [5, 5.41) is 9.70. The second-order valence-corrected chi connectivity index (χ2v) is 10.8. The largest absolute Gasteiger partial charge is 0.497 e. The Kier molecular flexibility index (Phi) is 10.8. The fourth-order valence-electron chi connectivity index (χ4n) is 3.96. The fourth-order valence-corrected chi connectivity index (χ4v) is 5.38. The van der Waals surface area contributed by atoms with Gasteiger partial charge in [-0.25, -0.2) is 14.6 Å². The van der Waals surface area contributed by atoms with Crippen LogP contribution in [0.25, 0.3) is 6.08 Å². The Balaban J connectivity index is 1.68. The Morgan fingerprint density at radius 2 is 1.70 bits per heavy atom. The number of carbonyl (C=O) groups excluding carboxylic acids is 2. The molecule has 0 unspecified atom stereocenters. The number of hydrogen-bond donors (Lipinski definition) is 1. The summed E-state index contributed by atoms with van der Waals surface area (Å²) >= 11 is 4.76. The minimum absolute atomic E-state index is 0.156. The number of thioether (sulfide) groups is 1. The van der Waals surface area contributed by atoms with E-state index in [1.165, 1.54) is 23.9 Å². The highest BCUT2D eigenvalue weighted by Crippen LogP contribution is 2.39. The summed E-state index contributed by atoms with van der Waals surface area (Å²) in [6.07, 6.45) is 1.73. The third-order valence-electron chi connectivity index (χ3n) is 6.03. The van der Waals surface area contributed by atoms with Crippen molar-refractivity contribution in [3.8, 4) is 17.2 Å². The number of rotatable bonds is 12. The van der Waals surface area contributed by atoms with E-state index in [-0.39, 0.29) is 31.2 Å². The van der Waals surface area contributed by atoms with E-state index in [0.29, 0.717) is 49.7 Å². The smallest absolute Gasteiger partial charge is 0.344 e. The molecule has 3 aromatic carbocycles. The SMILES string of the molecule is CCOC(=O)COc1cc(Br)c(/C=C2\SC(=Nc3ccc(OC)cc3)N(Cc3ccc(C(=O)O)cc3)C2=O)cc1OCC. The first-order chi connectivity index (χ1) is 20.7. The van der Waals surface area contributed by atoms with E-state index >= 15 is 0 Å². The highest BCUT2D eigenvalue weighted by molar-refractivity contribution is 9.10. The van der Waals surface area contributed by atoms with Crippen LogP contribution in [0.2, 0.25) is 0 Å². The molecule has 1 fully saturated rings. The molecule has 4 rings (SSSR count). The number of hydrogen-bond acceptors (Lipinski definition) is 9. The predicted molar refractivity (Wildman–Crippen MR) is 167 cm³/mol. The summed E-state index contributed by atoms with van der Waals surface area (Å²) in [5.74, 6) is -0.365. The van der Waals surface area contributed by atoms with Gasteiger partial charge in [-0.05, 0) is 91.3 Å². The Morgan fingerprint density at radius 1 is 1.00 bits per heavy atom. The number of halogens is 1. The van der Waals surface area contributed by atoms with Crippen LogP contribution in [-0.4, -0.2) is 60.0 Å². The fraction of sp³-hybridized carbons (Fsp3) is 0.226. The highest BCUT2D eigenvalue weighted by Gasteiger charge is 2.34. The molecule has 1 aliphatic heterocycles. The van der Waals surface area contributed by atoms with Gasteiger partial charge in [-0.1, -0.05) is 28.1 Å². The Morgan fingerprint density at radius 3 is 2.33 bits per heavy atom. The molecule has 0 saturated carbocycles. The van der Waals surface area contributed by atoms with Gasteiger partial charge in [-0.3, -0.25) is 9.69 Å². The molecule has 0 bridgehead atoms. The van der Waals surface area contributed by atoms with Crippen LogP contribution in [0.1, 0.15) is 35.3 Å². The number of benzene rings is 3. The number of carboxylic acid groups (broad SMARTS) is 1. The zero-order chi connectivity index (χ0) is 30.9. The standard InChI is InChI=1S/C31H29BrN2O8S/c1-4-40-25-14-21(24(32)16-26(25)42-18-28(35)41-5-2)15-27-29(36)34(17-19-6-8-20(9-7-19)30(37)38)31(43-27)33-22-10-12-23(39-3)13-11-22/h6-16H,4-5,17-18H2,1-3H3,(H,37,38)/b27-15-,33-31?. The van der Waals surface area contributed by atoms with E-state index < -0.39 is 11.9 Å². The van der Waals surface area contributed by atoms with Crippen LogP contribution in [0.4, 0.5) is 5.69 Å². The van der Waals surface area contributed by atoms with Gasteiger partial charge in [0.2, 0.25) is 0 Å². The first kappa shape index (κ1) is 31.6. The number of amidine groups is 1. The highest BCUT2D eigenvalue weighted by atomic mass is 79.9. The van der Waals surface area contributed by atoms with E-state index in [2.05, 4.69) is 15.9 Å². The molecule has 0 atom stereocenters. The van der Waals surface area contributed by atoms with Crippen LogP contribution >= 0.6 is 27.7 Å². The van der Waals surface area contributed by atoms with Gasteiger partial charge < -0.3 is 24.1 Å². The lowest BCUT2D eigenvalue weighted by atomic mass is 10.1. The summed E-state index contributed by atoms with van der Waals surface area (Å²) in [7, 11) is 1.58. The van der Waals surface area contributed by atoms with Crippen molar-refractivity contribution < 1.29 is 38.4 Å². The number of methoxy groups -OCH3 is 1. The van der Waals surface area contributed by atoms with Crippen molar-refractivity contribution in [3.63, 3.8) is 0 Å². The molecular weight excluding hydrogens is 640 g/mol. The molecule has 3 aromatic rings. The zero-order valence-corrected chi connectivity index (χ0v) is 26.1. The van der Waals surface area contributed by atoms with Crippen molar-refractivity contribution in [2.24, 2.45) is 4.99 Å². The number of esters is 1. The van der Waals surface area contributed by atoms with Gasteiger partial charge in [0.1, 0.15) is 5.75 Å². The van der Waals surface area contributed by atoms with Crippen LogP contribution < -0.4 is 14.2 Å². The predicted octanol–water partition coefficient (Wildman–Crippen LogP) is 6.30. The number of aromatic carboxylic acids is 1. The Hall–Kier alpha value is -4.29. The minimum Gasteiger partial charge on any atom is -0.497 e. The lowest BCUT2D eigenvalue weighted by molar-refractivity contribution is -0.145. The van der Waals surface area contributed by atoms with Crippen LogP contribution in [0, 0.1) is 0 Å². The first-order valence-corrected chi connectivity index (χ1v) is 14.8. The number of carbonyl (C=O) groups is 3. The average Bonchev–Trinajstić information content (AvgIpc) is 3.27. The zero-order valence-electron chi connectivity index (χ0n) is 23.7. The van der Waals surface area contributed by atoms with E-state index in [0.717, 1.165) is 5.56 Å². The lowest BCUT2D eigenvalue weighted by Crippen LogP contribution is -2.28. The number of ether oxygens (including phenoxy) is 4. The second-order valence-electron chi connectivity index (χ2n) is 8.94. The third kappa shape index (κ3) is 8.17. The summed E-state index contributed by atoms with van der Waals surface area (Å²) in [6.45, 7) is 4.06. The second kappa shape index (κ2) is 14.7. The lowest BCUT2D eigenvalue weighted by Gasteiger charge is -2.16. The molecule has 1 heterocycles. The monoisotopic (exact) mass is 668 g/mol. The number of aliphatic imine (C=N–C) groups is 1. The molecule has 1 N–H and O–H groups in total. The van der Waals surface area contributed by atoms with Gasteiger partial charge in [0.05, 0.1) is 43.0 Å². The van der Waals surface area contributed by atoms with Gasteiger partial charge in [0.25, 0.3) is 5.91 Å². The maximum absolute atomic E-state index is 13.7. The first-order valence-electron chi connectivity index (χ1n) is 13.2. The third-order valence-corrected chi connectivity index (χ3v) is 7.72. The van der Waals surface area contributed by atoms with Crippen molar-refractivity contribution in [1.29, 1.82) is 0 Å². The van der Waals surface area contributed by atoms with E-state index in [9.17, 15) is 19.5 Å². The number of amides is 1. The van der Waals surface area contributed by atoms with Gasteiger partial charge in [-0.15, -0.1) is 0 Å². The van der Waals surface area contributed by atoms with Gasteiger partial charge in [0.15, 0.2) is 23.3 Å². The van der Waals surface area contributed by atoms with Crippen LogP contribution in [0.15, 0.2) is 75.0 Å². The van der Waals surface area contributed by atoms with Gasteiger partial charge in [0, 0.05) is 4.47 Å². The topological polar surface area (TPSA) is 124 Å². The van der Waals surface area contributed by atoms with Crippen molar-refractivity contribution in [2.45, 2.75) is 20.4 Å².